The van der Waals surface area contributed by atoms with Crippen molar-refractivity contribution in [2.75, 3.05) is 5.32 Å². The molecule has 1 amide bonds. The van der Waals surface area contributed by atoms with Crippen molar-refractivity contribution in [1.82, 2.24) is 0 Å². The molecular weight excluding hydrogens is 231 g/mol. The minimum atomic E-state index is -0.462. The Balaban J connectivity index is 2.25. The van der Waals surface area contributed by atoms with Crippen LogP contribution in [0.1, 0.15) is 15.9 Å². The van der Waals surface area contributed by atoms with Gasteiger partial charge in [0.05, 0.1) is 5.69 Å². The van der Waals surface area contributed by atoms with Gasteiger partial charge < -0.3 is 11.1 Å². The third-order valence-corrected chi connectivity index (χ3v) is 2.60. The Labute approximate surface area is 104 Å². The van der Waals surface area contributed by atoms with Crippen molar-refractivity contribution in [1.29, 1.82) is 0 Å². The summed E-state index contributed by atoms with van der Waals surface area (Å²) < 4.78 is 13.4. The summed E-state index contributed by atoms with van der Waals surface area (Å²) in [6.07, 6.45) is 0. The summed E-state index contributed by atoms with van der Waals surface area (Å²) in [5.41, 5.74) is 6.91. The van der Waals surface area contributed by atoms with Gasteiger partial charge in [-0.1, -0.05) is 30.3 Å². The molecule has 0 atom stereocenters. The number of nitrogens with two attached hydrogens (primary N) is 1. The van der Waals surface area contributed by atoms with Gasteiger partial charge in [-0.05, 0) is 23.8 Å². The first kappa shape index (κ1) is 12.3. The average Bonchev–Trinajstić information content (AvgIpc) is 2.41. The summed E-state index contributed by atoms with van der Waals surface area (Å²) >= 11 is 0. The van der Waals surface area contributed by atoms with Crippen LogP contribution in [0, 0.1) is 5.82 Å². The predicted octanol–water partition coefficient (Wildman–Crippen LogP) is 2.54. The number of para-hydroxylation sites is 1. The fourth-order valence-corrected chi connectivity index (χ4v) is 1.67. The highest BCUT2D eigenvalue weighted by Gasteiger charge is 2.11. The van der Waals surface area contributed by atoms with Gasteiger partial charge in [0.1, 0.15) is 5.82 Å². The normalized spacial score (nSPS) is 10.1. The first-order chi connectivity index (χ1) is 8.72. The Morgan fingerprint density at radius 3 is 2.50 bits per heavy atom. The number of benzene rings is 2. The second-order valence-corrected chi connectivity index (χ2v) is 3.80. The second-order valence-electron chi connectivity index (χ2n) is 3.80. The van der Waals surface area contributed by atoms with Crippen molar-refractivity contribution in [3.05, 3.63) is 65.5 Å². The van der Waals surface area contributed by atoms with Crippen LogP contribution in [0.2, 0.25) is 0 Å². The SMILES string of the molecule is NCc1ccccc1C(=O)Nc1ccccc1F. The molecule has 0 spiro atoms. The van der Waals surface area contributed by atoms with Crippen molar-refractivity contribution in [3.8, 4) is 0 Å². The van der Waals surface area contributed by atoms with Crippen LogP contribution in [0.3, 0.4) is 0 Å². The Hall–Kier alpha value is -2.20. The van der Waals surface area contributed by atoms with Gasteiger partial charge in [-0.3, -0.25) is 4.79 Å². The molecule has 0 saturated heterocycles. The molecule has 0 aliphatic heterocycles. The topological polar surface area (TPSA) is 55.1 Å². The first-order valence-electron chi connectivity index (χ1n) is 5.56. The maximum atomic E-state index is 13.4. The van der Waals surface area contributed by atoms with E-state index in [9.17, 15) is 9.18 Å². The number of carbonyl (C=O) groups excluding carboxylic acids is 1. The van der Waals surface area contributed by atoms with E-state index in [1.54, 1.807) is 30.3 Å². The molecule has 0 bridgehead atoms. The maximum absolute atomic E-state index is 13.4. The van der Waals surface area contributed by atoms with Crippen LogP contribution in [0.5, 0.6) is 0 Å². The lowest BCUT2D eigenvalue weighted by molar-refractivity contribution is 0.102. The van der Waals surface area contributed by atoms with Gasteiger partial charge in [0.15, 0.2) is 0 Å². The zero-order valence-electron chi connectivity index (χ0n) is 9.69. The molecule has 0 aliphatic rings. The average molecular weight is 244 g/mol. The van der Waals surface area contributed by atoms with Crippen molar-refractivity contribution < 1.29 is 9.18 Å². The van der Waals surface area contributed by atoms with E-state index < -0.39 is 5.82 Å². The minimum absolute atomic E-state index is 0.161. The van der Waals surface area contributed by atoms with Gasteiger partial charge in [-0.2, -0.15) is 0 Å². The molecule has 2 aromatic carbocycles. The number of rotatable bonds is 3. The van der Waals surface area contributed by atoms with Gasteiger partial charge >= 0.3 is 0 Å². The van der Waals surface area contributed by atoms with Crippen LogP contribution < -0.4 is 11.1 Å². The van der Waals surface area contributed by atoms with Crippen LogP contribution in [-0.2, 0) is 6.54 Å². The molecule has 0 heterocycles. The van der Waals surface area contributed by atoms with Crippen molar-refractivity contribution >= 4 is 11.6 Å². The van der Waals surface area contributed by atoms with E-state index in [0.717, 1.165) is 5.56 Å². The van der Waals surface area contributed by atoms with E-state index in [-0.39, 0.29) is 18.1 Å². The predicted molar refractivity (Wildman–Crippen MR) is 68.7 cm³/mol. The quantitative estimate of drug-likeness (QED) is 0.871. The number of hydrogen-bond acceptors (Lipinski definition) is 2. The fraction of sp³-hybridized carbons (Fsp3) is 0.0714. The Kier molecular flexibility index (Phi) is 3.69. The highest BCUT2D eigenvalue weighted by molar-refractivity contribution is 6.05. The van der Waals surface area contributed by atoms with Gasteiger partial charge in [0.2, 0.25) is 0 Å². The van der Waals surface area contributed by atoms with Crippen molar-refractivity contribution in [2.24, 2.45) is 5.73 Å². The molecule has 18 heavy (non-hydrogen) atoms. The highest BCUT2D eigenvalue weighted by Crippen LogP contribution is 2.15. The standard InChI is InChI=1S/C14H13FN2O/c15-12-7-3-4-8-13(12)17-14(18)11-6-2-1-5-10(11)9-16/h1-8H,9,16H2,(H,17,18). The Morgan fingerprint density at radius 1 is 1.11 bits per heavy atom. The van der Waals surface area contributed by atoms with Crippen LogP contribution in [0.4, 0.5) is 10.1 Å². The first-order valence-corrected chi connectivity index (χ1v) is 5.56. The lowest BCUT2D eigenvalue weighted by Crippen LogP contribution is -2.16. The van der Waals surface area contributed by atoms with Crippen molar-refractivity contribution in [3.63, 3.8) is 0 Å². The number of nitrogens with one attached hydrogen (secondary N) is 1. The van der Waals surface area contributed by atoms with Gasteiger partial charge in [-0.15, -0.1) is 0 Å². The zero-order valence-corrected chi connectivity index (χ0v) is 9.69. The minimum Gasteiger partial charge on any atom is -0.326 e. The monoisotopic (exact) mass is 244 g/mol. The summed E-state index contributed by atoms with van der Waals surface area (Å²) in [4.78, 5) is 12.0. The van der Waals surface area contributed by atoms with Crippen molar-refractivity contribution in [2.45, 2.75) is 6.54 Å². The Morgan fingerprint density at radius 2 is 1.78 bits per heavy atom. The Bertz CT molecular complexity index is 569. The largest absolute Gasteiger partial charge is 0.326 e. The molecule has 2 rings (SSSR count). The molecule has 92 valence electrons. The van der Waals surface area contributed by atoms with E-state index in [1.807, 2.05) is 6.07 Å². The van der Waals surface area contributed by atoms with Gasteiger partial charge in [0.25, 0.3) is 5.91 Å². The molecule has 4 heteroatoms. The van der Waals surface area contributed by atoms with E-state index in [1.165, 1.54) is 12.1 Å². The molecule has 3 nitrogen and oxygen atoms in total. The highest BCUT2D eigenvalue weighted by atomic mass is 19.1. The molecule has 0 radical (unpaired) electrons. The summed E-state index contributed by atoms with van der Waals surface area (Å²) in [6, 6.07) is 13.0. The number of halogens is 1. The molecule has 0 fully saturated rings. The van der Waals surface area contributed by atoms with Crippen LogP contribution >= 0.6 is 0 Å². The molecule has 0 aliphatic carbocycles. The molecule has 3 N–H and O–H groups in total. The maximum Gasteiger partial charge on any atom is 0.256 e. The van der Waals surface area contributed by atoms with E-state index in [2.05, 4.69) is 5.32 Å². The molecule has 0 aromatic heterocycles. The zero-order chi connectivity index (χ0) is 13.0. The number of amides is 1. The molecule has 0 saturated carbocycles. The van der Waals surface area contributed by atoms with Gasteiger partial charge in [0, 0.05) is 12.1 Å². The lowest BCUT2D eigenvalue weighted by Gasteiger charge is -2.09. The smallest absolute Gasteiger partial charge is 0.256 e. The van der Waals surface area contributed by atoms with E-state index >= 15 is 0 Å². The lowest BCUT2D eigenvalue weighted by atomic mass is 10.1. The van der Waals surface area contributed by atoms with Gasteiger partial charge in [-0.25, -0.2) is 4.39 Å². The third kappa shape index (κ3) is 2.55. The third-order valence-electron chi connectivity index (χ3n) is 2.60. The number of hydrogen-bond donors (Lipinski definition) is 2. The summed E-state index contributed by atoms with van der Waals surface area (Å²) in [7, 11) is 0. The van der Waals surface area contributed by atoms with Crippen LogP contribution in [0.25, 0.3) is 0 Å². The van der Waals surface area contributed by atoms with E-state index in [0.29, 0.717) is 5.56 Å². The summed E-state index contributed by atoms with van der Waals surface area (Å²) in [5, 5.41) is 2.53. The summed E-state index contributed by atoms with van der Waals surface area (Å²) in [5.74, 6) is -0.822. The molecule has 2 aromatic rings. The molecule has 0 unspecified atom stereocenters. The van der Waals surface area contributed by atoms with E-state index in [4.69, 9.17) is 5.73 Å². The number of anilines is 1. The number of carbonyl (C=O) groups is 1. The van der Waals surface area contributed by atoms with Crippen LogP contribution in [0.15, 0.2) is 48.5 Å². The summed E-state index contributed by atoms with van der Waals surface area (Å²) in [6.45, 7) is 0.265. The fourth-order valence-electron chi connectivity index (χ4n) is 1.67. The van der Waals surface area contributed by atoms with Crippen LogP contribution in [-0.4, -0.2) is 5.91 Å². The second kappa shape index (κ2) is 5.42. The molecular formula is C14H13FN2O.